The molecule has 148 valence electrons. The van der Waals surface area contributed by atoms with Crippen LogP contribution in [-0.2, 0) is 11.3 Å². The van der Waals surface area contributed by atoms with Crippen LogP contribution in [0.15, 0.2) is 41.3 Å². The molecule has 0 radical (unpaired) electrons. The SMILES string of the molecule is C[NH+](C)CCNC(=O)c1ccc2c(c1)N(Cc1ccc(F)cc1Cl)C(=O)CS2. The Labute approximate surface area is 172 Å². The number of halogens is 2. The van der Waals surface area contributed by atoms with Gasteiger partial charge >= 0.3 is 0 Å². The van der Waals surface area contributed by atoms with E-state index in [9.17, 15) is 14.0 Å². The van der Waals surface area contributed by atoms with Crippen molar-refractivity contribution < 1.29 is 18.9 Å². The Hall–Kier alpha value is -2.09. The molecule has 2 aromatic rings. The van der Waals surface area contributed by atoms with Crippen molar-refractivity contribution in [2.45, 2.75) is 11.4 Å². The second-order valence-electron chi connectivity index (χ2n) is 6.90. The Bertz CT molecular complexity index is 907. The van der Waals surface area contributed by atoms with Crippen molar-refractivity contribution in [3.8, 4) is 0 Å². The van der Waals surface area contributed by atoms with Crippen molar-refractivity contribution in [1.29, 1.82) is 0 Å². The Kier molecular flexibility index (Phi) is 6.59. The minimum absolute atomic E-state index is 0.0772. The lowest BCUT2D eigenvalue weighted by Crippen LogP contribution is -3.06. The van der Waals surface area contributed by atoms with E-state index in [4.69, 9.17) is 11.6 Å². The summed E-state index contributed by atoms with van der Waals surface area (Å²) in [5.74, 6) is -0.366. The summed E-state index contributed by atoms with van der Waals surface area (Å²) in [5.41, 5.74) is 1.82. The van der Waals surface area contributed by atoms with Crippen LogP contribution in [0.4, 0.5) is 10.1 Å². The van der Waals surface area contributed by atoms with Gasteiger partial charge in [-0.25, -0.2) is 4.39 Å². The summed E-state index contributed by atoms with van der Waals surface area (Å²) in [6, 6.07) is 9.49. The molecule has 2 N–H and O–H groups in total. The molecule has 2 amide bonds. The molecule has 0 fully saturated rings. The highest BCUT2D eigenvalue weighted by molar-refractivity contribution is 8.00. The Morgan fingerprint density at radius 2 is 2.07 bits per heavy atom. The first kappa shape index (κ1) is 20.6. The zero-order valence-electron chi connectivity index (χ0n) is 15.7. The quantitative estimate of drug-likeness (QED) is 0.748. The first-order valence-electron chi connectivity index (χ1n) is 8.93. The predicted octanol–water partition coefficient (Wildman–Crippen LogP) is 1.99. The lowest BCUT2D eigenvalue weighted by atomic mass is 10.1. The van der Waals surface area contributed by atoms with Crippen molar-refractivity contribution in [1.82, 2.24) is 5.32 Å². The molecule has 2 aromatic carbocycles. The van der Waals surface area contributed by atoms with Crippen LogP contribution in [0.3, 0.4) is 0 Å². The number of nitrogens with zero attached hydrogens (tertiary/aromatic N) is 1. The molecule has 0 aliphatic carbocycles. The standard InChI is InChI=1S/C20H21ClFN3O2S/c1-24(2)8-7-23-20(27)13-4-6-18-17(9-13)25(19(26)12-28-18)11-14-3-5-15(22)10-16(14)21/h3-6,9-10H,7-8,11-12H2,1-2H3,(H,23,27)/p+1. The number of rotatable bonds is 6. The maximum atomic E-state index is 13.3. The van der Waals surface area contributed by atoms with Crippen LogP contribution in [0.25, 0.3) is 0 Å². The van der Waals surface area contributed by atoms with Gasteiger partial charge in [0.05, 0.1) is 45.2 Å². The van der Waals surface area contributed by atoms with Gasteiger partial charge in [0.1, 0.15) is 5.82 Å². The van der Waals surface area contributed by atoms with Crippen molar-refractivity contribution >= 4 is 40.9 Å². The second-order valence-corrected chi connectivity index (χ2v) is 8.32. The van der Waals surface area contributed by atoms with Gasteiger partial charge in [0.2, 0.25) is 5.91 Å². The zero-order chi connectivity index (χ0) is 20.3. The molecule has 0 spiro atoms. The first-order chi connectivity index (χ1) is 13.3. The van der Waals surface area contributed by atoms with Gasteiger partial charge in [-0.15, -0.1) is 11.8 Å². The number of anilines is 1. The number of fused-ring (bicyclic) bond motifs is 1. The second kappa shape index (κ2) is 8.94. The normalized spacial score (nSPS) is 13.6. The van der Waals surface area contributed by atoms with Crippen LogP contribution in [-0.4, -0.2) is 44.8 Å². The minimum atomic E-state index is -0.423. The molecule has 1 aliphatic rings. The average molecular weight is 423 g/mol. The molecule has 0 aromatic heterocycles. The van der Waals surface area contributed by atoms with Crippen LogP contribution in [0.1, 0.15) is 15.9 Å². The summed E-state index contributed by atoms with van der Waals surface area (Å²) in [7, 11) is 4.04. The van der Waals surface area contributed by atoms with Crippen LogP contribution in [0.5, 0.6) is 0 Å². The van der Waals surface area contributed by atoms with E-state index >= 15 is 0 Å². The summed E-state index contributed by atoms with van der Waals surface area (Å²) in [6.07, 6.45) is 0. The number of thioether (sulfide) groups is 1. The molecule has 28 heavy (non-hydrogen) atoms. The van der Waals surface area contributed by atoms with Gasteiger partial charge in [0.25, 0.3) is 5.91 Å². The van der Waals surface area contributed by atoms with E-state index in [1.54, 1.807) is 23.1 Å². The number of benzene rings is 2. The summed E-state index contributed by atoms with van der Waals surface area (Å²) in [4.78, 5) is 28.8. The van der Waals surface area contributed by atoms with E-state index in [2.05, 4.69) is 5.32 Å². The number of amides is 2. The molecule has 0 atom stereocenters. The summed E-state index contributed by atoms with van der Waals surface area (Å²) >= 11 is 7.58. The lowest BCUT2D eigenvalue weighted by Gasteiger charge is -2.29. The highest BCUT2D eigenvalue weighted by Crippen LogP contribution is 2.37. The largest absolute Gasteiger partial charge is 0.346 e. The summed E-state index contributed by atoms with van der Waals surface area (Å²) in [6.45, 7) is 1.61. The molecular weight excluding hydrogens is 401 g/mol. The van der Waals surface area contributed by atoms with Gasteiger partial charge < -0.3 is 15.1 Å². The molecule has 3 rings (SSSR count). The molecule has 0 unspecified atom stereocenters. The van der Waals surface area contributed by atoms with Gasteiger partial charge in [0.15, 0.2) is 0 Å². The maximum absolute atomic E-state index is 13.3. The number of quaternary nitrogens is 1. The molecule has 0 bridgehead atoms. The highest BCUT2D eigenvalue weighted by atomic mass is 35.5. The molecule has 1 aliphatic heterocycles. The monoisotopic (exact) mass is 422 g/mol. The number of nitrogens with one attached hydrogen (secondary N) is 2. The first-order valence-corrected chi connectivity index (χ1v) is 10.3. The fourth-order valence-electron chi connectivity index (χ4n) is 2.87. The van der Waals surface area contributed by atoms with Crippen molar-refractivity contribution in [3.63, 3.8) is 0 Å². The Morgan fingerprint density at radius 1 is 1.29 bits per heavy atom. The highest BCUT2D eigenvalue weighted by Gasteiger charge is 2.26. The van der Waals surface area contributed by atoms with E-state index < -0.39 is 5.82 Å². The van der Waals surface area contributed by atoms with Gasteiger partial charge in [-0.1, -0.05) is 17.7 Å². The zero-order valence-corrected chi connectivity index (χ0v) is 17.3. The van der Waals surface area contributed by atoms with Crippen LogP contribution in [0.2, 0.25) is 5.02 Å². The third-order valence-electron chi connectivity index (χ3n) is 4.42. The fraction of sp³-hybridized carbons (Fsp3) is 0.300. The molecular formula is C20H22ClFN3O2S+. The number of carbonyl (C=O) groups is 2. The summed E-state index contributed by atoms with van der Waals surface area (Å²) in [5, 5.41) is 3.17. The van der Waals surface area contributed by atoms with E-state index in [-0.39, 0.29) is 23.4 Å². The summed E-state index contributed by atoms with van der Waals surface area (Å²) < 4.78 is 13.3. The smallest absolute Gasteiger partial charge is 0.251 e. The predicted molar refractivity (Wildman–Crippen MR) is 110 cm³/mol. The van der Waals surface area contributed by atoms with Crippen molar-refractivity contribution in [2.75, 3.05) is 37.8 Å². The van der Waals surface area contributed by atoms with E-state index in [0.717, 1.165) is 11.4 Å². The number of carbonyl (C=O) groups excluding carboxylic acids is 2. The number of hydrogen-bond donors (Lipinski definition) is 2. The topological polar surface area (TPSA) is 53.9 Å². The Balaban J connectivity index is 1.84. The van der Waals surface area contributed by atoms with E-state index in [1.165, 1.54) is 28.8 Å². The molecule has 0 saturated heterocycles. The van der Waals surface area contributed by atoms with E-state index in [1.807, 2.05) is 20.2 Å². The van der Waals surface area contributed by atoms with Crippen LogP contribution < -0.4 is 15.1 Å². The van der Waals surface area contributed by atoms with Crippen molar-refractivity contribution in [3.05, 3.63) is 58.4 Å². The van der Waals surface area contributed by atoms with Gasteiger partial charge in [0, 0.05) is 15.5 Å². The Morgan fingerprint density at radius 3 is 2.79 bits per heavy atom. The molecule has 8 heteroatoms. The molecule has 1 heterocycles. The molecule has 0 saturated carbocycles. The van der Waals surface area contributed by atoms with Crippen molar-refractivity contribution in [2.24, 2.45) is 0 Å². The fourth-order valence-corrected chi connectivity index (χ4v) is 4.01. The van der Waals surface area contributed by atoms with Gasteiger partial charge in [-0.3, -0.25) is 9.59 Å². The van der Waals surface area contributed by atoms with E-state index in [0.29, 0.717) is 29.1 Å². The third-order valence-corrected chi connectivity index (χ3v) is 5.82. The third kappa shape index (κ3) is 4.84. The van der Waals surface area contributed by atoms with Crippen LogP contribution >= 0.6 is 23.4 Å². The molecule has 5 nitrogen and oxygen atoms in total. The van der Waals surface area contributed by atoms with Gasteiger partial charge in [-0.2, -0.15) is 0 Å². The van der Waals surface area contributed by atoms with Gasteiger partial charge in [-0.05, 0) is 35.9 Å². The maximum Gasteiger partial charge on any atom is 0.251 e. The lowest BCUT2D eigenvalue weighted by molar-refractivity contribution is -0.856. The average Bonchev–Trinajstić information content (AvgIpc) is 2.65. The number of hydrogen-bond acceptors (Lipinski definition) is 3. The number of likely N-dealkylation sites (N-methyl/N-ethyl adjacent to an activating group) is 1. The van der Waals surface area contributed by atoms with Crippen LogP contribution in [0, 0.1) is 5.82 Å². The minimum Gasteiger partial charge on any atom is -0.346 e.